The second-order valence-electron chi connectivity index (χ2n) is 23.2. The summed E-state index contributed by atoms with van der Waals surface area (Å²) in [7, 11) is 1.16. The van der Waals surface area contributed by atoms with Crippen molar-refractivity contribution in [2.45, 2.75) is 303 Å². The quantitative estimate of drug-likeness (QED) is 0.0212. The fourth-order valence-corrected chi connectivity index (χ4v) is 9.97. The molecule has 0 aliphatic carbocycles. The highest BCUT2D eigenvalue weighted by molar-refractivity contribution is 7.45. The SMILES string of the molecule is CC/C=C\C/C=C\C/C=C\C/C=C\C/C=C\CCCCCC(=O)OC(/C=C\CCCCCCCCCCC)C(COP(=O)([O-])OCC[N+](C)(C)C)NC(=O)CCCCCCCCCCCCCCC/C=C/CCCCCCCC. The van der Waals surface area contributed by atoms with E-state index >= 15 is 0 Å². The molecule has 0 fully saturated rings. The Hall–Kier alpha value is -2.81. The van der Waals surface area contributed by atoms with Gasteiger partial charge >= 0.3 is 5.97 Å². The van der Waals surface area contributed by atoms with Gasteiger partial charge in [-0.05, 0) is 102 Å². The van der Waals surface area contributed by atoms with E-state index in [2.05, 4.69) is 99.0 Å². The number of carbonyl (C=O) groups excluding carboxylic acids is 2. The average molecular weight is 1130 g/mol. The summed E-state index contributed by atoms with van der Waals surface area (Å²) in [6.07, 6.45) is 77.0. The van der Waals surface area contributed by atoms with Gasteiger partial charge in [-0.25, -0.2) is 0 Å². The van der Waals surface area contributed by atoms with Crippen LogP contribution in [0.2, 0.25) is 0 Å². The number of quaternary nitrogens is 1. The van der Waals surface area contributed by atoms with Gasteiger partial charge in [-0.2, -0.15) is 0 Å². The van der Waals surface area contributed by atoms with Gasteiger partial charge in [0.2, 0.25) is 5.91 Å². The van der Waals surface area contributed by atoms with Crippen LogP contribution >= 0.6 is 7.82 Å². The van der Waals surface area contributed by atoms with Gasteiger partial charge < -0.3 is 28.5 Å². The lowest BCUT2D eigenvalue weighted by atomic mass is 10.0. The van der Waals surface area contributed by atoms with E-state index in [1.807, 2.05) is 33.3 Å². The highest BCUT2D eigenvalue weighted by Crippen LogP contribution is 2.38. The number of phosphoric ester groups is 1. The molecule has 3 unspecified atom stereocenters. The molecule has 0 spiro atoms. The van der Waals surface area contributed by atoms with E-state index < -0.39 is 26.6 Å². The molecule has 1 amide bonds. The molecule has 0 bridgehead atoms. The number of nitrogens with zero attached hydrogens (tertiary/aromatic N) is 1. The second kappa shape index (κ2) is 58.4. The van der Waals surface area contributed by atoms with Crippen LogP contribution in [0.4, 0.5) is 0 Å². The number of ether oxygens (including phenoxy) is 1. The van der Waals surface area contributed by atoms with Crippen molar-refractivity contribution in [2.24, 2.45) is 0 Å². The molecule has 0 aliphatic heterocycles. The topological polar surface area (TPSA) is 114 Å². The smallest absolute Gasteiger partial charge is 0.306 e. The van der Waals surface area contributed by atoms with Crippen molar-refractivity contribution in [3.05, 3.63) is 85.1 Å². The van der Waals surface area contributed by atoms with Crippen LogP contribution in [-0.4, -0.2) is 69.4 Å². The van der Waals surface area contributed by atoms with Crippen LogP contribution in [0, 0.1) is 0 Å². The van der Waals surface area contributed by atoms with E-state index in [4.69, 9.17) is 13.8 Å². The Labute approximate surface area is 488 Å². The Kier molecular flexibility index (Phi) is 56.3. The molecule has 1 N–H and O–H groups in total. The third-order valence-electron chi connectivity index (χ3n) is 14.3. The maximum Gasteiger partial charge on any atom is 0.306 e. The molecule has 10 heteroatoms. The van der Waals surface area contributed by atoms with Crippen molar-refractivity contribution in [1.82, 2.24) is 5.32 Å². The number of hydrogen-bond acceptors (Lipinski definition) is 7. The van der Waals surface area contributed by atoms with E-state index in [0.717, 1.165) is 89.9 Å². The number of amides is 1. The van der Waals surface area contributed by atoms with Gasteiger partial charge in [0.05, 0.1) is 33.8 Å². The van der Waals surface area contributed by atoms with Gasteiger partial charge in [0.1, 0.15) is 19.3 Å². The Balaban J connectivity index is 5.17. The van der Waals surface area contributed by atoms with Gasteiger partial charge in [-0.15, -0.1) is 0 Å². The van der Waals surface area contributed by atoms with Crippen molar-refractivity contribution in [1.29, 1.82) is 0 Å². The Bertz CT molecular complexity index is 1630. The van der Waals surface area contributed by atoms with Crippen molar-refractivity contribution < 1.29 is 37.3 Å². The number of carbonyl (C=O) groups is 2. The van der Waals surface area contributed by atoms with Gasteiger partial charge in [0.15, 0.2) is 0 Å². The summed E-state index contributed by atoms with van der Waals surface area (Å²) >= 11 is 0. The summed E-state index contributed by atoms with van der Waals surface area (Å²) in [6, 6.07) is -0.905. The van der Waals surface area contributed by atoms with Crippen LogP contribution < -0.4 is 10.2 Å². The first-order chi connectivity index (χ1) is 38.4. The van der Waals surface area contributed by atoms with Crippen LogP contribution in [0.1, 0.15) is 290 Å². The lowest BCUT2D eigenvalue weighted by Crippen LogP contribution is -2.47. The minimum absolute atomic E-state index is 0.0305. The molecular formula is C69H125N2O7P. The van der Waals surface area contributed by atoms with Crippen molar-refractivity contribution in [3.8, 4) is 0 Å². The summed E-state index contributed by atoms with van der Waals surface area (Å²) in [4.78, 5) is 40.0. The molecule has 0 aromatic rings. The van der Waals surface area contributed by atoms with Gasteiger partial charge in [0, 0.05) is 12.8 Å². The zero-order valence-corrected chi connectivity index (χ0v) is 53.2. The number of esters is 1. The first-order valence-electron chi connectivity index (χ1n) is 32.9. The Morgan fingerprint density at radius 1 is 0.456 bits per heavy atom. The van der Waals surface area contributed by atoms with Gasteiger partial charge in [-0.3, -0.25) is 14.2 Å². The lowest BCUT2D eigenvalue weighted by Gasteiger charge is -2.30. The van der Waals surface area contributed by atoms with Crippen LogP contribution in [0.3, 0.4) is 0 Å². The summed E-state index contributed by atoms with van der Waals surface area (Å²) < 4.78 is 30.3. The summed E-state index contributed by atoms with van der Waals surface area (Å²) in [5, 5.41) is 3.03. The van der Waals surface area contributed by atoms with Crippen molar-refractivity contribution >= 4 is 19.7 Å². The van der Waals surface area contributed by atoms with E-state index in [1.165, 1.54) is 161 Å². The Morgan fingerprint density at radius 2 is 0.810 bits per heavy atom. The molecule has 0 heterocycles. The fraction of sp³-hybridized carbons (Fsp3) is 0.768. The summed E-state index contributed by atoms with van der Waals surface area (Å²) in [5.41, 5.74) is 0. The zero-order chi connectivity index (χ0) is 57.9. The minimum Gasteiger partial charge on any atom is -0.756 e. The molecule has 0 saturated carbocycles. The normalized spacial score (nSPS) is 14.2. The summed E-state index contributed by atoms with van der Waals surface area (Å²) in [5.74, 6) is -0.576. The third-order valence-corrected chi connectivity index (χ3v) is 15.3. The van der Waals surface area contributed by atoms with E-state index in [1.54, 1.807) is 0 Å². The Morgan fingerprint density at radius 3 is 1.24 bits per heavy atom. The number of rotatable bonds is 59. The molecule has 0 radical (unpaired) electrons. The second-order valence-corrected chi connectivity index (χ2v) is 24.6. The summed E-state index contributed by atoms with van der Waals surface area (Å²) in [6.45, 7) is 6.71. The van der Waals surface area contributed by atoms with E-state index in [-0.39, 0.29) is 24.9 Å². The predicted molar refractivity (Wildman–Crippen MR) is 339 cm³/mol. The van der Waals surface area contributed by atoms with Crippen molar-refractivity contribution in [2.75, 3.05) is 40.9 Å². The maximum absolute atomic E-state index is 13.6. The number of unbranched alkanes of at least 4 members (excludes halogenated alkanes) is 31. The van der Waals surface area contributed by atoms with Gasteiger partial charge in [0.25, 0.3) is 7.82 Å². The maximum atomic E-state index is 13.6. The van der Waals surface area contributed by atoms with E-state index in [9.17, 15) is 19.0 Å². The monoisotopic (exact) mass is 1120 g/mol. The number of phosphoric acid groups is 1. The number of likely N-dealkylation sites (N-methyl/N-ethyl adjacent to an activating group) is 1. The molecule has 0 aromatic heterocycles. The third kappa shape index (κ3) is 59.6. The van der Waals surface area contributed by atoms with Crippen LogP contribution in [0.5, 0.6) is 0 Å². The van der Waals surface area contributed by atoms with Crippen LogP contribution in [-0.2, 0) is 27.9 Å². The molecule has 9 nitrogen and oxygen atoms in total. The minimum atomic E-state index is -4.71. The number of hydrogen-bond donors (Lipinski definition) is 1. The first-order valence-corrected chi connectivity index (χ1v) is 34.4. The van der Waals surface area contributed by atoms with Crippen molar-refractivity contribution in [3.63, 3.8) is 0 Å². The highest BCUT2D eigenvalue weighted by atomic mass is 31.2. The molecule has 0 rings (SSSR count). The van der Waals surface area contributed by atoms with Gasteiger partial charge in [-0.1, -0.05) is 260 Å². The average Bonchev–Trinajstić information content (AvgIpc) is 3.41. The number of nitrogens with one attached hydrogen (secondary N) is 1. The molecule has 0 aliphatic rings. The first kappa shape index (κ1) is 76.2. The standard InChI is InChI=1S/C69H125N2O7P/c1-7-10-13-16-19-22-25-27-29-31-33-34-35-36-38-39-41-43-46-49-52-55-58-61-68(72)70-66(65-77-79(74,75)76-64-63-71(4,5)6)67(60-57-54-51-48-45-24-21-18-15-12-9-3)78-69(73)62-59-56-53-50-47-44-42-40-37-32-30-28-26-23-20-17-14-11-8-2/h11,14,20,23,27-30,37,40,44,47,57,60,66-67H,7-10,12-13,15-19,21-22,24-26,31-36,38-39,41-43,45-46,48-56,58-59,61-65H2,1-6H3,(H-,70,72,74,75)/b14-11-,23-20-,29-27+,30-28-,40-37-,47-44-,60-57-. The largest absolute Gasteiger partial charge is 0.756 e. The fourth-order valence-electron chi connectivity index (χ4n) is 9.25. The molecule has 0 aromatic carbocycles. The molecular weight excluding hydrogens is 1000 g/mol. The van der Waals surface area contributed by atoms with E-state index in [0.29, 0.717) is 23.9 Å². The zero-order valence-electron chi connectivity index (χ0n) is 52.3. The number of allylic oxidation sites excluding steroid dienone is 13. The van der Waals surface area contributed by atoms with Crippen LogP contribution in [0.15, 0.2) is 85.1 Å². The van der Waals surface area contributed by atoms with Crippen LogP contribution in [0.25, 0.3) is 0 Å². The predicted octanol–water partition coefficient (Wildman–Crippen LogP) is 19.9. The molecule has 79 heavy (non-hydrogen) atoms. The molecule has 0 saturated heterocycles. The molecule has 3 atom stereocenters. The lowest BCUT2D eigenvalue weighted by molar-refractivity contribution is -0.870. The molecule has 458 valence electrons. The highest BCUT2D eigenvalue weighted by Gasteiger charge is 2.27.